The summed E-state index contributed by atoms with van der Waals surface area (Å²) in [5, 5.41) is 19.7. The van der Waals surface area contributed by atoms with Crippen LogP contribution in [-0.4, -0.2) is 42.0 Å². The average Bonchev–Trinajstić information content (AvgIpc) is 2.35. The van der Waals surface area contributed by atoms with E-state index in [1.807, 2.05) is 0 Å². The average molecular weight is 261 g/mol. The van der Waals surface area contributed by atoms with E-state index in [0.29, 0.717) is 6.07 Å². The van der Waals surface area contributed by atoms with Crippen LogP contribution in [0.4, 0.5) is 8.78 Å². The number of rotatable bonds is 6. The van der Waals surface area contributed by atoms with E-state index in [4.69, 9.17) is 14.9 Å². The highest BCUT2D eigenvalue weighted by Crippen LogP contribution is 2.17. The van der Waals surface area contributed by atoms with Crippen molar-refractivity contribution in [3.63, 3.8) is 0 Å². The zero-order valence-electron chi connectivity index (χ0n) is 9.40. The fraction of sp³-hybridized carbons (Fsp3) is 0.364. The molecule has 0 aliphatic rings. The molecule has 0 atom stereocenters. The summed E-state index contributed by atoms with van der Waals surface area (Å²) in [4.78, 5) is 11.3. The summed E-state index contributed by atoms with van der Waals surface area (Å²) >= 11 is 0. The molecule has 0 aliphatic carbocycles. The summed E-state index contributed by atoms with van der Waals surface area (Å²) in [6.07, 6.45) is 0. The van der Waals surface area contributed by atoms with Gasteiger partial charge in [-0.05, 0) is 12.1 Å². The van der Waals surface area contributed by atoms with Crippen molar-refractivity contribution >= 4 is 5.91 Å². The zero-order valence-corrected chi connectivity index (χ0v) is 9.40. The Kier molecular flexibility index (Phi) is 5.47. The maximum atomic E-state index is 13.1. The fourth-order valence-electron chi connectivity index (χ4n) is 1.15. The van der Waals surface area contributed by atoms with Crippen LogP contribution in [0.1, 0.15) is 0 Å². The molecule has 0 saturated carbocycles. The third-order valence-corrected chi connectivity index (χ3v) is 2.06. The summed E-state index contributed by atoms with van der Waals surface area (Å²) < 4.78 is 30.5. The Hall–Kier alpha value is -1.73. The van der Waals surface area contributed by atoms with E-state index in [2.05, 4.69) is 5.32 Å². The van der Waals surface area contributed by atoms with Crippen molar-refractivity contribution in [1.29, 1.82) is 0 Å². The Morgan fingerprint density at radius 2 is 2.00 bits per heavy atom. The monoisotopic (exact) mass is 261 g/mol. The minimum absolute atomic E-state index is 0.254. The van der Waals surface area contributed by atoms with Crippen molar-refractivity contribution in [1.82, 2.24) is 5.32 Å². The lowest BCUT2D eigenvalue weighted by Gasteiger charge is -2.13. The van der Waals surface area contributed by atoms with Crippen molar-refractivity contribution in [3.05, 3.63) is 29.8 Å². The van der Waals surface area contributed by atoms with Crippen LogP contribution in [0.3, 0.4) is 0 Å². The highest BCUT2D eigenvalue weighted by molar-refractivity contribution is 5.77. The van der Waals surface area contributed by atoms with Crippen molar-refractivity contribution in [3.8, 4) is 5.75 Å². The van der Waals surface area contributed by atoms with E-state index >= 15 is 0 Å². The Morgan fingerprint density at radius 3 is 2.56 bits per heavy atom. The molecule has 0 radical (unpaired) electrons. The number of amides is 1. The Balaban J connectivity index is 2.47. The van der Waals surface area contributed by atoms with Crippen molar-refractivity contribution in [2.24, 2.45) is 0 Å². The summed E-state index contributed by atoms with van der Waals surface area (Å²) in [6.45, 7) is -1.35. The number of carbonyl (C=O) groups excluding carboxylic acids is 1. The molecule has 1 amide bonds. The maximum Gasteiger partial charge on any atom is 0.258 e. The summed E-state index contributed by atoms with van der Waals surface area (Å²) in [7, 11) is 0. The number of nitrogens with one attached hydrogen (secondary N) is 1. The van der Waals surface area contributed by atoms with E-state index in [-0.39, 0.29) is 5.75 Å². The van der Waals surface area contributed by atoms with E-state index in [1.54, 1.807) is 0 Å². The highest BCUT2D eigenvalue weighted by Gasteiger charge is 2.12. The third-order valence-electron chi connectivity index (χ3n) is 2.06. The van der Waals surface area contributed by atoms with E-state index in [9.17, 15) is 13.6 Å². The van der Waals surface area contributed by atoms with Gasteiger partial charge in [0.2, 0.25) is 0 Å². The topological polar surface area (TPSA) is 78.8 Å². The summed E-state index contributed by atoms with van der Waals surface area (Å²) in [5.41, 5.74) is 0. The molecule has 0 unspecified atom stereocenters. The molecule has 0 fully saturated rings. The maximum absolute atomic E-state index is 13.1. The van der Waals surface area contributed by atoms with Gasteiger partial charge in [-0.15, -0.1) is 0 Å². The zero-order chi connectivity index (χ0) is 13.5. The van der Waals surface area contributed by atoms with Crippen LogP contribution in [0.5, 0.6) is 5.75 Å². The minimum Gasteiger partial charge on any atom is -0.481 e. The standard InChI is InChI=1S/C11H13F2NO4/c12-7-1-2-10(9(13)3-7)18-6-11(17)14-8(4-15)5-16/h1-3,8,15-16H,4-6H2,(H,14,17). The molecule has 3 N–H and O–H groups in total. The lowest BCUT2D eigenvalue weighted by atomic mass is 10.3. The number of aliphatic hydroxyl groups excluding tert-OH is 2. The summed E-state index contributed by atoms with van der Waals surface area (Å²) in [6, 6.07) is 1.91. The minimum atomic E-state index is -0.913. The Morgan fingerprint density at radius 1 is 1.33 bits per heavy atom. The van der Waals surface area contributed by atoms with Crippen LogP contribution >= 0.6 is 0 Å². The first kappa shape index (κ1) is 14.3. The van der Waals surface area contributed by atoms with Gasteiger partial charge in [0.25, 0.3) is 5.91 Å². The number of aliphatic hydroxyl groups is 2. The van der Waals surface area contributed by atoms with E-state index in [0.717, 1.165) is 12.1 Å². The lowest BCUT2D eigenvalue weighted by molar-refractivity contribution is -0.124. The molecular weight excluding hydrogens is 248 g/mol. The quantitative estimate of drug-likeness (QED) is 0.663. The van der Waals surface area contributed by atoms with Gasteiger partial charge in [-0.1, -0.05) is 0 Å². The molecule has 5 nitrogen and oxygen atoms in total. The van der Waals surface area contributed by atoms with Gasteiger partial charge in [-0.2, -0.15) is 0 Å². The van der Waals surface area contributed by atoms with Crippen LogP contribution in [0.2, 0.25) is 0 Å². The van der Waals surface area contributed by atoms with Crippen LogP contribution in [0.25, 0.3) is 0 Å². The van der Waals surface area contributed by atoms with Gasteiger partial charge in [-0.3, -0.25) is 4.79 Å². The molecule has 0 spiro atoms. The van der Waals surface area contributed by atoms with Gasteiger partial charge >= 0.3 is 0 Å². The van der Waals surface area contributed by atoms with Crippen LogP contribution in [0.15, 0.2) is 18.2 Å². The van der Waals surface area contributed by atoms with E-state index < -0.39 is 43.4 Å². The van der Waals surface area contributed by atoms with Crippen LogP contribution in [0, 0.1) is 11.6 Å². The molecule has 7 heteroatoms. The normalized spacial score (nSPS) is 10.5. The number of hydrogen-bond acceptors (Lipinski definition) is 4. The molecule has 18 heavy (non-hydrogen) atoms. The van der Waals surface area contributed by atoms with Crippen molar-refractivity contribution < 1.29 is 28.5 Å². The van der Waals surface area contributed by atoms with Gasteiger partial charge in [0.1, 0.15) is 5.82 Å². The largest absolute Gasteiger partial charge is 0.481 e. The molecular formula is C11H13F2NO4. The second-order valence-corrected chi connectivity index (χ2v) is 3.49. The number of ether oxygens (including phenoxy) is 1. The van der Waals surface area contributed by atoms with Gasteiger partial charge in [0.05, 0.1) is 19.3 Å². The van der Waals surface area contributed by atoms with Gasteiger partial charge in [-0.25, -0.2) is 8.78 Å². The first-order valence-corrected chi connectivity index (χ1v) is 5.15. The molecule has 0 saturated heterocycles. The van der Waals surface area contributed by atoms with Crippen molar-refractivity contribution in [2.45, 2.75) is 6.04 Å². The number of carbonyl (C=O) groups is 1. The van der Waals surface area contributed by atoms with Crippen LogP contribution in [-0.2, 0) is 4.79 Å². The predicted molar refractivity (Wildman–Crippen MR) is 58.0 cm³/mol. The van der Waals surface area contributed by atoms with Gasteiger partial charge in [0, 0.05) is 6.07 Å². The van der Waals surface area contributed by atoms with Crippen LogP contribution < -0.4 is 10.1 Å². The number of hydrogen-bond donors (Lipinski definition) is 3. The van der Waals surface area contributed by atoms with Crippen molar-refractivity contribution in [2.75, 3.05) is 19.8 Å². The third kappa shape index (κ3) is 4.27. The molecule has 0 aromatic heterocycles. The second-order valence-electron chi connectivity index (χ2n) is 3.49. The van der Waals surface area contributed by atoms with Gasteiger partial charge < -0.3 is 20.3 Å². The lowest BCUT2D eigenvalue weighted by Crippen LogP contribution is -2.42. The van der Waals surface area contributed by atoms with E-state index in [1.165, 1.54) is 0 Å². The molecule has 1 aromatic carbocycles. The van der Waals surface area contributed by atoms with Gasteiger partial charge in [0.15, 0.2) is 18.2 Å². The first-order chi connectivity index (χ1) is 8.56. The highest BCUT2D eigenvalue weighted by atomic mass is 19.1. The molecule has 0 heterocycles. The fourth-order valence-corrected chi connectivity index (χ4v) is 1.15. The predicted octanol–water partition coefficient (Wildman–Crippen LogP) is -0.187. The second kappa shape index (κ2) is 6.87. The molecule has 1 rings (SSSR count). The number of benzene rings is 1. The molecule has 0 bridgehead atoms. The Labute approximate surface area is 102 Å². The first-order valence-electron chi connectivity index (χ1n) is 5.15. The Bertz CT molecular complexity index is 410. The number of halogens is 2. The molecule has 0 aliphatic heterocycles. The summed E-state index contributed by atoms with van der Waals surface area (Å²) in [5.74, 6) is -2.54. The smallest absolute Gasteiger partial charge is 0.258 e. The molecule has 1 aromatic rings. The molecule has 100 valence electrons. The SMILES string of the molecule is O=C(COc1ccc(F)cc1F)NC(CO)CO.